The van der Waals surface area contributed by atoms with E-state index in [0.29, 0.717) is 21.3 Å². The summed E-state index contributed by atoms with van der Waals surface area (Å²) in [6, 6.07) is 10.1. The minimum absolute atomic E-state index is 0.250. The molecule has 0 aliphatic carbocycles. The first kappa shape index (κ1) is 18.0. The van der Waals surface area contributed by atoms with Crippen LogP contribution in [0.2, 0.25) is 4.34 Å². The first-order valence-electron chi connectivity index (χ1n) is 6.92. The number of primary sulfonamides is 1. The quantitative estimate of drug-likeness (QED) is 0.667. The SMILES string of the molecule is NS(=O)(=O)Cc1ccc(NC(=O)c2csc(-c3ccc(Cl)s3)n2)cc1. The summed E-state index contributed by atoms with van der Waals surface area (Å²) in [6.45, 7) is 0. The van der Waals surface area contributed by atoms with Gasteiger partial charge in [0.05, 0.1) is 15.0 Å². The van der Waals surface area contributed by atoms with Crippen LogP contribution >= 0.6 is 34.3 Å². The summed E-state index contributed by atoms with van der Waals surface area (Å²) >= 11 is 8.67. The Balaban J connectivity index is 1.69. The first-order chi connectivity index (χ1) is 11.8. The molecule has 0 saturated heterocycles. The topological polar surface area (TPSA) is 102 Å². The first-order valence-corrected chi connectivity index (χ1v) is 10.7. The number of aromatic nitrogens is 1. The van der Waals surface area contributed by atoms with Crippen LogP contribution in [-0.2, 0) is 15.8 Å². The fraction of sp³-hybridized carbons (Fsp3) is 0.0667. The zero-order valence-electron chi connectivity index (χ0n) is 12.6. The van der Waals surface area contributed by atoms with E-state index in [0.717, 1.165) is 9.88 Å². The molecule has 3 rings (SSSR count). The molecule has 25 heavy (non-hydrogen) atoms. The largest absolute Gasteiger partial charge is 0.321 e. The highest BCUT2D eigenvalue weighted by molar-refractivity contribution is 7.88. The minimum Gasteiger partial charge on any atom is -0.321 e. The molecule has 0 aliphatic rings. The summed E-state index contributed by atoms with van der Waals surface area (Å²) < 4.78 is 22.8. The van der Waals surface area contributed by atoms with Crippen molar-refractivity contribution in [2.24, 2.45) is 5.14 Å². The van der Waals surface area contributed by atoms with E-state index in [4.69, 9.17) is 16.7 Å². The van der Waals surface area contributed by atoms with Crippen LogP contribution in [0.5, 0.6) is 0 Å². The summed E-state index contributed by atoms with van der Waals surface area (Å²) in [7, 11) is -3.58. The van der Waals surface area contributed by atoms with Gasteiger partial charge in [0.25, 0.3) is 5.91 Å². The zero-order valence-corrected chi connectivity index (χ0v) is 15.8. The van der Waals surface area contributed by atoms with Crippen LogP contribution in [0, 0.1) is 0 Å². The van der Waals surface area contributed by atoms with Crippen molar-refractivity contribution in [1.82, 2.24) is 4.98 Å². The van der Waals surface area contributed by atoms with Crippen LogP contribution in [0.15, 0.2) is 41.8 Å². The predicted octanol–water partition coefficient (Wildman–Crippen LogP) is 3.57. The molecule has 3 N–H and O–H groups in total. The van der Waals surface area contributed by atoms with Crippen molar-refractivity contribution in [2.45, 2.75) is 5.75 Å². The van der Waals surface area contributed by atoms with Crippen LogP contribution in [0.1, 0.15) is 16.1 Å². The molecule has 0 saturated carbocycles. The maximum absolute atomic E-state index is 12.3. The molecular formula is C15H12ClN3O3S3. The van der Waals surface area contributed by atoms with Crippen molar-refractivity contribution in [3.8, 4) is 9.88 Å². The van der Waals surface area contributed by atoms with Gasteiger partial charge in [0.1, 0.15) is 10.7 Å². The minimum atomic E-state index is -3.58. The van der Waals surface area contributed by atoms with Crippen molar-refractivity contribution in [3.05, 3.63) is 57.4 Å². The van der Waals surface area contributed by atoms with Gasteiger partial charge in [-0.2, -0.15) is 0 Å². The molecule has 0 atom stereocenters. The molecule has 0 unspecified atom stereocenters. The van der Waals surface area contributed by atoms with Gasteiger partial charge >= 0.3 is 0 Å². The van der Waals surface area contributed by atoms with Gasteiger partial charge in [-0.15, -0.1) is 22.7 Å². The van der Waals surface area contributed by atoms with Crippen molar-refractivity contribution >= 4 is 55.9 Å². The van der Waals surface area contributed by atoms with E-state index in [9.17, 15) is 13.2 Å². The number of benzene rings is 1. The zero-order chi connectivity index (χ0) is 18.0. The number of halogens is 1. The summed E-state index contributed by atoms with van der Waals surface area (Å²) in [5, 5.41) is 10.1. The number of nitrogens with zero attached hydrogens (tertiary/aromatic N) is 1. The molecular weight excluding hydrogens is 402 g/mol. The van der Waals surface area contributed by atoms with E-state index in [-0.39, 0.29) is 11.7 Å². The van der Waals surface area contributed by atoms with Crippen LogP contribution in [0.3, 0.4) is 0 Å². The Bertz CT molecular complexity index is 1010. The lowest BCUT2D eigenvalue weighted by molar-refractivity contribution is 0.102. The highest BCUT2D eigenvalue weighted by Gasteiger charge is 2.13. The fourth-order valence-electron chi connectivity index (χ4n) is 2.03. The Hall–Kier alpha value is -1.78. The number of rotatable bonds is 5. The van der Waals surface area contributed by atoms with E-state index < -0.39 is 10.0 Å². The third kappa shape index (κ3) is 4.86. The van der Waals surface area contributed by atoms with Crippen molar-refractivity contribution in [2.75, 3.05) is 5.32 Å². The molecule has 6 nitrogen and oxygen atoms in total. The van der Waals surface area contributed by atoms with Crippen molar-refractivity contribution in [3.63, 3.8) is 0 Å². The van der Waals surface area contributed by atoms with Crippen LogP contribution in [-0.4, -0.2) is 19.3 Å². The van der Waals surface area contributed by atoms with E-state index >= 15 is 0 Å². The number of sulfonamides is 1. The van der Waals surface area contributed by atoms with Crippen LogP contribution < -0.4 is 10.5 Å². The second kappa shape index (κ2) is 7.22. The van der Waals surface area contributed by atoms with E-state index in [1.54, 1.807) is 35.7 Å². The number of amides is 1. The molecule has 10 heteroatoms. The van der Waals surface area contributed by atoms with Gasteiger partial charge in [-0.1, -0.05) is 23.7 Å². The number of hydrogen-bond acceptors (Lipinski definition) is 6. The molecule has 1 amide bonds. The van der Waals surface area contributed by atoms with Gasteiger partial charge in [0.2, 0.25) is 10.0 Å². The van der Waals surface area contributed by atoms with Gasteiger partial charge < -0.3 is 5.32 Å². The maximum atomic E-state index is 12.3. The number of carbonyl (C=O) groups excluding carboxylic acids is 1. The summed E-state index contributed by atoms with van der Waals surface area (Å²) in [5.74, 6) is -0.593. The molecule has 130 valence electrons. The van der Waals surface area contributed by atoms with Crippen LogP contribution in [0.25, 0.3) is 9.88 Å². The van der Waals surface area contributed by atoms with E-state index in [1.807, 2.05) is 6.07 Å². The molecule has 3 aromatic rings. The summed E-state index contributed by atoms with van der Waals surface area (Å²) in [4.78, 5) is 17.5. The van der Waals surface area contributed by atoms with Gasteiger partial charge in [-0.05, 0) is 29.8 Å². The summed E-state index contributed by atoms with van der Waals surface area (Å²) in [5.41, 5.74) is 1.39. The standard InChI is InChI=1S/C15H12ClN3O3S3/c16-13-6-5-12(24-13)15-19-11(7-23-15)14(20)18-10-3-1-9(2-4-10)8-25(17,21)22/h1-7H,8H2,(H,18,20)(H2,17,21,22). The molecule has 1 aromatic carbocycles. The highest BCUT2D eigenvalue weighted by atomic mass is 35.5. The second-order valence-electron chi connectivity index (χ2n) is 5.10. The number of hydrogen-bond donors (Lipinski definition) is 2. The molecule has 0 spiro atoms. The molecule has 0 fully saturated rings. The van der Waals surface area contributed by atoms with Gasteiger partial charge in [0, 0.05) is 11.1 Å². The number of anilines is 1. The summed E-state index contributed by atoms with van der Waals surface area (Å²) in [6.07, 6.45) is 0. The lowest BCUT2D eigenvalue weighted by Gasteiger charge is -2.04. The maximum Gasteiger partial charge on any atom is 0.275 e. The number of nitrogens with two attached hydrogens (primary N) is 1. The lowest BCUT2D eigenvalue weighted by Crippen LogP contribution is -2.15. The Morgan fingerprint density at radius 1 is 1.20 bits per heavy atom. The molecule has 2 aromatic heterocycles. The van der Waals surface area contributed by atoms with Crippen LogP contribution in [0.4, 0.5) is 5.69 Å². The van der Waals surface area contributed by atoms with Crippen molar-refractivity contribution in [1.29, 1.82) is 0 Å². The average molecular weight is 414 g/mol. The predicted molar refractivity (Wildman–Crippen MR) is 102 cm³/mol. The van der Waals surface area contributed by atoms with E-state index in [1.165, 1.54) is 22.7 Å². The Morgan fingerprint density at radius 3 is 2.52 bits per heavy atom. The number of thiazole rings is 1. The number of nitrogens with one attached hydrogen (secondary N) is 1. The fourth-order valence-corrected chi connectivity index (χ4v) is 4.60. The number of carbonyl (C=O) groups is 1. The number of thiophene rings is 1. The Morgan fingerprint density at radius 2 is 1.92 bits per heavy atom. The lowest BCUT2D eigenvalue weighted by atomic mass is 10.2. The van der Waals surface area contributed by atoms with E-state index in [2.05, 4.69) is 10.3 Å². The average Bonchev–Trinajstić information content (AvgIpc) is 3.16. The highest BCUT2D eigenvalue weighted by Crippen LogP contribution is 2.33. The smallest absolute Gasteiger partial charge is 0.275 e. The monoisotopic (exact) mass is 413 g/mol. The molecule has 2 heterocycles. The second-order valence-corrected chi connectivity index (χ2v) is 9.29. The van der Waals surface area contributed by atoms with Gasteiger partial charge in [0.15, 0.2) is 0 Å². The Labute approximate surface area is 157 Å². The third-order valence-corrected chi connectivity index (χ3v) is 6.08. The van der Waals surface area contributed by atoms with Gasteiger partial charge in [-0.3, -0.25) is 4.79 Å². The molecule has 0 bridgehead atoms. The van der Waals surface area contributed by atoms with Crippen molar-refractivity contribution < 1.29 is 13.2 Å². The Kier molecular flexibility index (Phi) is 5.21. The van der Waals surface area contributed by atoms with Gasteiger partial charge in [-0.25, -0.2) is 18.5 Å². The third-order valence-electron chi connectivity index (χ3n) is 3.10. The molecule has 0 aliphatic heterocycles. The normalized spacial score (nSPS) is 11.4. The molecule has 0 radical (unpaired) electrons.